The summed E-state index contributed by atoms with van der Waals surface area (Å²) in [4.78, 5) is 5.57. The van der Waals surface area contributed by atoms with Gasteiger partial charge in [0.25, 0.3) is 0 Å². The van der Waals surface area contributed by atoms with Crippen LogP contribution in [0.5, 0.6) is 0 Å². The first kappa shape index (κ1) is 23.3. The molecule has 0 saturated heterocycles. The third-order valence-electron chi connectivity index (χ3n) is 3.60. The Hall–Kier alpha value is -0.740. The van der Waals surface area contributed by atoms with Crippen LogP contribution < -0.4 is 10.6 Å². The fourth-order valence-corrected chi connectivity index (χ4v) is 3.86. The molecule has 0 aliphatic heterocycles. The largest absolute Gasteiger partial charge is 0.356 e. The normalized spacial score (nSPS) is 11.1. The summed E-state index contributed by atoms with van der Waals surface area (Å²) in [6.07, 6.45) is 7.12. The predicted octanol–water partition coefficient (Wildman–Crippen LogP) is 4.39. The SMILES string of the molecule is CN=C(NCCCCSc1ccccc1Br)NCCCn1cccn1.I. The fraction of sp³-hybridized carbons (Fsp3) is 0.444. The second-order valence-electron chi connectivity index (χ2n) is 5.53. The number of halogens is 2. The van der Waals surface area contributed by atoms with Gasteiger partial charge in [0.1, 0.15) is 0 Å². The summed E-state index contributed by atoms with van der Waals surface area (Å²) in [5.41, 5.74) is 0. The molecule has 0 radical (unpaired) electrons. The molecule has 2 aromatic rings. The Kier molecular flexibility index (Phi) is 12.8. The maximum atomic E-state index is 4.26. The molecule has 26 heavy (non-hydrogen) atoms. The number of aryl methyl sites for hydroxylation is 1. The maximum Gasteiger partial charge on any atom is 0.190 e. The van der Waals surface area contributed by atoms with E-state index >= 15 is 0 Å². The van der Waals surface area contributed by atoms with Crippen LogP contribution in [-0.2, 0) is 6.54 Å². The number of aromatic nitrogens is 2. The summed E-state index contributed by atoms with van der Waals surface area (Å²) in [5.74, 6) is 2.00. The first-order valence-electron chi connectivity index (χ1n) is 8.59. The van der Waals surface area contributed by atoms with Crippen molar-refractivity contribution in [2.45, 2.75) is 30.7 Å². The van der Waals surface area contributed by atoms with Crippen molar-refractivity contribution < 1.29 is 0 Å². The average Bonchev–Trinajstić information content (AvgIpc) is 3.14. The first-order chi connectivity index (χ1) is 12.3. The number of rotatable bonds is 10. The summed E-state index contributed by atoms with van der Waals surface area (Å²) < 4.78 is 3.12. The van der Waals surface area contributed by atoms with Crippen LogP contribution in [0.1, 0.15) is 19.3 Å². The molecule has 0 amide bonds. The maximum absolute atomic E-state index is 4.26. The molecule has 1 aromatic carbocycles. The van der Waals surface area contributed by atoms with Crippen LogP contribution in [0.3, 0.4) is 0 Å². The van der Waals surface area contributed by atoms with Crippen LogP contribution in [-0.4, -0.2) is 41.6 Å². The minimum Gasteiger partial charge on any atom is -0.356 e. The molecule has 0 saturated carbocycles. The molecule has 144 valence electrons. The zero-order valence-corrected chi connectivity index (χ0v) is 19.8. The highest BCUT2D eigenvalue weighted by Gasteiger charge is 2.00. The quantitative estimate of drug-likeness (QED) is 0.151. The van der Waals surface area contributed by atoms with Crippen LogP contribution in [0.15, 0.2) is 57.1 Å². The Morgan fingerprint density at radius 3 is 2.62 bits per heavy atom. The highest BCUT2D eigenvalue weighted by molar-refractivity contribution is 14.0. The van der Waals surface area contributed by atoms with E-state index < -0.39 is 0 Å². The average molecular weight is 552 g/mol. The van der Waals surface area contributed by atoms with Crippen molar-refractivity contribution in [1.29, 1.82) is 0 Å². The number of hydrogen-bond acceptors (Lipinski definition) is 3. The van der Waals surface area contributed by atoms with E-state index in [-0.39, 0.29) is 24.0 Å². The van der Waals surface area contributed by atoms with Crippen molar-refractivity contribution >= 4 is 57.6 Å². The highest BCUT2D eigenvalue weighted by atomic mass is 127. The van der Waals surface area contributed by atoms with Crippen molar-refractivity contribution in [3.63, 3.8) is 0 Å². The van der Waals surface area contributed by atoms with Crippen molar-refractivity contribution in [1.82, 2.24) is 20.4 Å². The van der Waals surface area contributed by atoms with Gasteiger partial charge in [0.2, 0.25) is 0 Å². The minimum atomic E-state index is 0. The van der Waals surface area contributed by atoms with Crippen molar-refractivity contribution in [3.05, 3.63) is 47.2 Å². The molecule has 0 spiro atoms. The van der Waals surface area contributed by atoms with Crippen LogP contribution in [0.25, 0.3) is 0 Å². The van der Waals surface area contributed by atoms with Crippen LogP contribution in [0, 0.1) is 0 Å². The van der Waals surface area contributed by atoms with Gasteiger partial charge in [-0.1, -0.05) is 12.1 Å². The van der Waals surface area contributed by atoms with Gasteiger partial charge in [-0.15, -0.1) is 35.7 Å². The predicted molar refractivity (Wildman–Crippen MR) is 126 cm³/mol. The van der Waals surface area contributed by atoms with Crippen molar-refractivity contribution in [2.75, 3.05) is 25.9 Å². The molecule has 2 N–H and O–H groups in total. The molecule has 1 aromatic heterocycles. The van der Waals surface area contributed by atoms with Crippen molar-refractivity contribution in [3.8, 4) is 0 Å². The summed E-state index contributed by atoms with van der Waals surface area (Å²) in [7, 11) is 1.81. The highest BCUT2D eigenvalue weighted by Crippen LogP contribution is 2.27. The number of hydrogen-bond donors (Lipinski definition) is 2. The van der Waals surface area contributed by atoms with Crippen LogP contribution in [0.2, 0.25) is 0 Å². The van der Waals surface area contributed by atoms with E-state index in [0.29, 0.717) is 0 Å². The molecule has 0 unspecified atom stereocenters. The monoisotopic (exact) mass is 551 g/mol. The van der Waals surface area contributed by atoms with Gasteiger partial charge in [0.15, 0.2) is 5.96 Å². The van der Waals surface area contributed by atoms with E-state index in [1.54, 1.807) is 0 Å². The lowest BCUT2D eigenvalue weighted by molar-refractivity contribution is 0.570. The molecular formula is C18H27BrIN5S. The molecule has 0 fully saturated rings. The van der Waals surface area contributed by atoms with Crippen LogP contribution >= 0.6 is 51.7 Å². The van der Waals surface area contributed by atoms with Gasteiger partial charge in [-0.25, -0.2) is 0 Å². The number of nitrogens with one attached hydrogen (secondary N) is 2. The third-order valence-corrected chi connectivity index (χ3v) is 5.71. The van der Waals surface area contributed by atoms with E-state index in [2.05, 4.69) is 54.9 Å². The van der Waals surface area contributed by atoms with Gasteiger partial charge in [0, 0.05) is 48.4 Å². The topological polar surface area (TPSA) is 54.2 Å². The third kappa shape index (κ3) is 9.27. The minimum absolute atomic E-state index is 0. The van der Waals surface area contributed by atoms with Gasteiger partial charge < -0.3 is 10.6 Å². The number of thioether (sulfide) groups is 1. The Balaban J connectivity index is 0.00000338. The summed E-state index contributed by atoms with van der Waals surface area (Å²) in [6.45, 7) is 2.75. The molecule has 5 nitrogen and oxygen atoms in total. The number of guanidine groups is 1. The summed E-state index contributed by atoms with van der Waals surface area (Å²) >= 11 is 5.49. The lowest BCUT2D eigenvalue weighted by Gasteiger charge is -2.12. The molecule has 8 heteroatoms. The van der Waals surface area contributed by atoms with Gasteiger partial charge in [0.05, 0.1) is 0 Å². The Morgan fingerprint density at radius 1 is 1.15 bits per heavy atom. The lowest BCUT2D eigenvalue weighted by atomic mass is 10.3. The Morgan fingerprint density at radius 2 is 1.92 bits per heavy atom. The molecule has 0 atom stereocenters. The molecule has 0 bridgehead atoms. The first-order valence-corrected chi connectivity index (χ1v) is 10.4. The standard InChI is InChI=1S/C18H26BrN5S.HI/c1-20-18(22-11-6-13-24-14-7-12-23-24)21-10-4-5-15-25-17-9-3-2-8-16(17)19;/h2-3,7-9,12,14H,4-6,10-11,13,15H2,1H3,(H2,20,21,22);1H. The molecular weight excluding hydrogens is 525 g/mol. The number of unbranched alkanes of at least 4 members (excludes halogenated alkanes) is 1. The van der Waals surface area contributed by atoms with E-state index in [1.165, 1.54) is 15.8 Å². The smallest absolute Gasteiger partial charge is 0.190 e. The Bertz CT molecular complexity index is 636. The number of nitrogens with zero attached hydrogens (tertiary/aromatic N) is 3. The zero-order chi connectivity index (χ0) is 17.7. The van der Waals surface area contributed by atoms with Crippen LogP contribution in [0.4, 0.5) is 0 Å². The summed E-state index contributed by atoms with van der Waals surface area (Å²) in [6, 6.07) is 10.3. The van der Waals surface area contributed by atoms with Gasteiger partial charge in [-0.3, -0.25) is 9.67 Å². The molecule has 2 rings (SSSR count). The van der Waals surface area contributed by atoms with E-state index in [9.17, 15) is 0 Å². The second kappa shape index (κ2) is 14.3. The Labute approximate surface area is 186 Å². The van der Waals surface area contributed by atoms with Crippen molar-refractivity contribution in [2.24, 2.45) is 4.99 Å². The molecule has 0 aliphatic carbocycles. The summed E-state index contributed by atoms with van der Waals surface area (Å²) in [5, 5.41) is 10.9. The van der Waals surface area contributed by atoms with Gasteiger partial charge in [-0.05, 0) is 59.1 Å². The fourth-order valence-electron chi connectivity index (χ4n) is 2.28. The molecule has 1 heterocycles. The van der Waals surface area contributed by atoms with E-state index in [4.69, 9.17) is 0 Å². The molecule has 0 aliphatic rings. The number of benzene rings is 1. The van der Waals surface area contributed by atoms with E-state index in [1.807, 2.05) is 48.0 Å². The second-order valence-corrected chi connectivity index (χ2v) is 7.53. The lowest BCUT2D eigenvalue weighted by Crippen LogP contribution is -2.38. The zero-order valence-electron chi connectivity index (χ0n) is 15.0. The van der Waals surface area contributed by atoms with Gasteiger partial charge >= 0.3 is 0 Å². The van der Waals surface area contributed by atoms with E-state index in [0.717, 1.165) is 44.2 Å². The number of aliphatic imine (C=N–C) groups is 1. The van der Waals surface area contributed by atoms with Gasteiger partial charge in [-0.2, -0.15) is 5.10 Å².